The molecule has 1 saturated heterocycles. The first kappa shape index (κ1) is 40.6. The molecule has 1 spiro atoms. The van der Waals surface area contributed by atoms with Crippen molar-refractivity contribution >= 4 is 57.0 Å². The Hall–Kier alpha value is -4.64. The maximum absolute atomic E-state index is 14.6. The highest BCUT2D eigenvalue weighted by atomic mass is 32.2. The molecule has 5 atom stereocenters. The third kappa shape index (κ3) is 9.24. The van der Waals surface area contributed by atoms with E-state index in [9.17, 15) is 32.4 Å². The molecule has 4 heterocycles. The van der Waals surface area contributed by atoms with Gasteiger partial charge in [0.05, 0.1) is 18.8 Å². The molecule has 17 heteroatoms. The summed E-state index contributed by atoms with van der Waals surface area (Å²) >= 11 is 1.64. The van der Waals surface area contributed by atoms with Crippen LogP contribution in [0.1, 0.15) is 87.5 Å². The molecule has 3 fully saturated rings. The number of amides is 5. The Bertz CT molecular complexity index is 1970. The molecule has 2 aliphatic carbocycles. The number of nitrogens with zero attached hydrogens (tertiary/aromatic N) is 2. The zero-order valence-corrected chi connectivity index (χ0v) is 33.7. The second-order valence-corrected chi connectivity index (χ2v) is 18.4. The molecule has 1 aromatic carbocycles. The number of sulfonamides is 1. The second kappa shape index (κ2) is 17.5. The molecular formula is C40H52N6O9S2. The second-order valence-electron chi connectivity index (χ2n) is 15.7. The summed E-state index contributed by atoms with van der Waals surface area (Å²) in [7, 11) is -4.39. The van der Waals surface area contributed by atoms with Gasteiger partial charge in [-0.05, 0) is 80.5 Å². The predicted octanol–water partition coefficient (Wildman–Crippen LogP) is 4.58. The zero-order chi connectivity index (χ0) is 40.2. The minimum absolute atomic E-state index is 0.0755. The summed E-state index contributed by atoms with van der Waals surface area (Å²) in [6.45, 7) is 5.01. The van der Waals surface area contributed by atoms with Crippen molar-refractivity contribution in [3.63, 3.8) is 0 Å². The SMILES string of the molecule is C=C[C@@H]1C[C@@]12NC(=O)[C@@H]1C[C@@H](OC(=O)N3CCc4sccc4C3)CN1C(=O)[C@@H](NC(=O)OC1CCCC1)CCCCCCCNc1ccccc1S(=O)(=O)NC2=O. The smallest absolute Gasteiger partial charge is 0.410 e. The number of hydrogen-bond acceptors (Lipinski definition) is 11. The van der Waals surface area contributed by atoms with E-state index in [1.807, 2.05) is 11.4 Å². The molecule has 15 nitrogen and oxygen atoms in total. The van der Waals surface area contributed by atoms with Crippen molar-refractivity contribution in [1.82, 2.24) is 25.2 Å². The molecule has 1 aromatic heterocycles. The minimum atomic E-state index is -4.39. The number of benzene rings is 1. The summed E-state index contributed by atoms with van der Waals surface area (Å²) in [5.74, 6) is -2.78. The number of fused-ring (bicyclic) bond motifs is 3. The van der Waals surface area contributed by atoms with Gasteiger partial charge in [0.25, 0.3) is 15.9 Å². The quantitative estimate of drug-likeness (QED) is 0.318. The number of rotatable bonds is 4. The Balaban J connectivity index is 1.15. The standard InChI is InChI=1S/C40H52N6O9S2/c1-2-27-23-40(27)37(49)44-57(52,53)34-16-10-9-14-30(34)41-19-11-5-3-4-6-15-31(42-38(50)54-28-12-7-8-13-28)36(48)46-25-29(22-32(46)35(47)43-40)55-39(51)45-20-17-33-26(24-45)18-21-56-33/h2,9-10,14,16,18,21,27-29,31-32,41H,1,3-8,11-13,15,17,19-20,22-25H2,(H,42,50)(H,43,47)(H,44,49)/t27-,29-,31+,32+,40-/m1/s1. The summed E-state index contributed by atoms with van der Waals surface area (Å²) in [6, 6.07) is 6.06. The van der Waals surface area contributed by atoms with Crippen LogP contribution in [0.4, 0.5) is 15.3 Å². The molecular weight excluding hydrogens is 773 g/mol. The lowest BCUT2D eigenvalue weighted by molar-refractivity contribution is -0.141. The summed E-state index contributed by atoms with van der Waals surface area (Å²) < 4.78 is 41.2. The molecule has 5 aliphatic rings. The lowest BCUT2D eigenvalue weighted by Gasteiger charge is -2.30. The summed E-state index contributed by atoms with van der Waals surface area (Å²) in [5.41, 5.74) is -0.260. The van der Waals surface area contributed by atoms with Gasteiger partial charge in [0, 0.05) is 30.3 Å². The average molecular weight is 825 g/mol. The largest absolute Gasteiger partial charge is 0.446 e. The molecule has 5 amide bonds. The van der Waals surface area contributed by atoms with Crippen molar-refractivity contribution < 1.29 is 41.9 Å². The van der Waals surface area contributed by atoms with Gasteiger partial charge in [-0.25, -0.2) is 22.7 Å². The molecule has 0 radical (unpaired) electrons. The van der Waals surface area contributed by atoms with Gasteiger partial charge in [-0.15, -0.1) is 17.9 Å². The molecule has 0 unspecified atom stereocenters. The number of thiophene rings is 1. The van der Waals surface area contributed by atoms with Crippen molar-refractivity contribution in [2.45, 2.75) is 125 Å². The normalized spacial score (nSPS) is 28.5. The third-order valence-electron chi connectivity index (χ3n) is 11.8. The van der Waals surface area contributed by atoms with Gasteiger partial charge >= 0.3 is 12.2 Å². The number of ether oxygens (including phenoxy) is 2. The number of hydrogen-bond donors (Lipinski definition) is 4. The van der Waals surface area contributed by atoms with E-state index in [1.54, 1.807) is 34.4 Å². The minimum Gasteiger partial charge on any atom is -0.446 e. The fourth-order valence-corrected chi connectivity index (χ4v) is 10.6. The first-order chi connectivity index (χ1) is 27.5. The number of nitrogens with one attached hydrogen (secondary N) is 4. The van der Waals surface area contributed by atoms with Gasteiger partial charge in [-0.2, -0.15) is 0 Å². The lowest BCUT2D eigenvalue weighted by Crippen LogP contribution is -2.58. The molecule has 2 aromatic rings. The van der Waals surface area contributed by atoms with Crippen LogP contribution in [0.15, 0.2) is 53.3 Å². The molecule has 308 valence electrons. The van der Waals surface area contributed by atoms with Crippen molar-refractivity contribution in [2.75, 3.05) is 25.0 Å². The Kier molecular flexibility index (Phi) is 12.4. The average Bonchev–Trinajstić information content (AvgIpc) is 3.61. The molecule has 7 rings (SSSR count). The molecule has 3 aliphatic heterocycles. The van der Waals surface area contributed by atoms with E-state index in [-0.39, 0.29) is 30.4 Å². The van der Waals surface area contributed by atoms with Crippen molar-refractivity contribution in [3.05, 3.63) is 58.8 Å². The first-order valence-electron chi connectivity index (χ1n) is 20.1. The molecule has 4 N–H and O–H groups in total. The highest BCUT2D eigenvalue weighted by molar-refractivity contribution is 7.90. The highest BCUT2D eigenvalue weighted by Gasteiger charge is 2.61. The number of alkyl carbamates (subject to hydrolysis) is 1. The van der Waals surface area contributed by atoms with E-state index in [0.717, 1.165) is 56.9 Å². The van der Waals surface area contributed by atoms with E-state index in [4.69, 9.17) is 9.47 Å². The molecule has 57 heavy (non-hydrogen) atoms. The number of anilines is 1. The first-order valence-corrected chi connectivity index (χ1v) is 22.5. The van der Waals surface area contributed by atoms with Gasteiger partial charge in [0.15, 0.2) is 0 Å². The van der Waals surface area contributed by atoms with Gasteiger partial charge in [-0.1, -0.05) is 43.9 Å². The van der Waals surface area contributed by atoms with Crippen LogP contribution in [0.25, 0.3) is 0 Å². The van der Waals surface area contributed by atoms with E-state index in [2.05, 4.69) is 27.3 Å². The van der Waals surface area contributed by atoms with E-state index in [0.29, 0.717) is 44.6 Å². The van der Waals surface area contributed by atoms with Gasteiger partial charge < -0.3 is 35.2 Å². The van der Waals surface area contributed by atoms with Crippen LogP contribution < -0.4 is 20.7 Å². The van der Waals surface area contributed by atoms with Gasteiger partial charge in [0.2, 0.25) is 11.8 Å². The van der Waals surface area contributed by atoms with Crippen LogP contribution in [0.2, 0.25) is 0 Å². The third-order valence-corrected chi connectivity index (χ3v) is 14.2. The number of para-hydroxylation sites is 1. The summed E-state index contributed by atoms with van der Waals surface area (Å²) in [6.07, 6.45) is 7.26. The van der Waals surface area contributed by atoms with Crippen LogP contribution in [-0.2, 0) is 46.8 Å². The number of carbonyl (C=O) groups is 5. The topological polar surface area (TPSA) is 193 Å². The van der Waals surface area contributed by atoms with Crippen LogP contribution in [0.5, 0.6) is 0 Å². The van der Waals surface area contributed by atoms with E-state index in [1.165, 1.54) is 21.9 Å². The molecule has 2 saturated carbocycles. The van der Waals surface area contributed by atoms with Crippen LogP contribution >= 0.6 is 11.3 Å². The summed E-state index contributed by atoms with van der Waals surface area (Å²) in [5, 5.41) is 10.7. The maximum atomic E-state index is 14.6. The maximum Gasteiger partial charge on any atom is 0.410 e. The Morgan fingerprint density at radius 1 is 0.965 bits per heavy atom. The van der Waals surface area contributed by atoms with Crippen LogP contribution in [0.3, 0.4) is 0 Å². The Morgan fingerprint density at radius 2 is 1.72 bits per heavy atom. The van der Waals surface area contributed by atoms with Crippen molar-refractivity contribution in [2.24, 2.45) is 5.92 Å². The Morgan fingerprint density at radius 3 is 2.51 bits per heavy atom. The fraction of sp³-hybridized carbons (Fsp3) is 0.575. The predicted molar refractivity (Wildman–Crippen MR) is 212 cm³/mol. The van der Waals surface area contributed by atoms with Crippen LogP contribution in [0, 0.1) is 5.92 Å². The highest BCUT2D eigenvalue weighted by Crippen LogP contribution is 2.45. The Labute approximate surface area is 337 Å². The van der Waals surface area contributed by atoms with Crippen molar-refractivity contribution in [1.29, 1.82) is 0 Å². The lowest BCUT2D eigenvalue weighted by atomic mass is 10.0. The van der Waals surface area contributed by atoms with E-state index >= 15 is 0 Å². The molecule has 0 bridgehead atoms. The van der Waals surface area contributed by atoms with Gasteiger partial charge in [-0.3, -0.25) is 14.4 Å². The number of carbonyl (C=O) groups excluding carboxylic acids is 5. The van der Waals surface area contributed by atoms with E-state index < -0.39 is 69.6 Å². The zero-order valence-electron chi connectivity index (χ0n) is 32.0. The van der Waals surface area contributed by atoms with Crippen LogP contribution in [-0.4, -0.2) is 97.6 Å². The fourth-order valence-electron chi connectivity index (χ4n) is 8.47. The monoisotopic (exact) mass is 824 g/mol. The summed E-state index contributed by atoms with van der Waals surface area (Å²) in [4.78, 5) is 73.6. The van der Waals surface area contributed by atoms with Gasteiger partial charge in [0.1, 0.15) is 34.7 Å². The van der Waals surface area contributed by atoms with Crippen molar-refractivity contribution in [3.8, 4) is 0 Å².